The molecule has 0 saturated carbocycles. The lowest BCUT2D eigenvalue weighted by Gasteiger charge is -2.33. The summed E-state index contributed by atoms with van der Waals surface area (Å²) in [5, 5.41) is 2.15. The molecule has 0 radical (unpaired) electrons. The molecular formula is C20H27NO5. The Balaban J connectivity index is 1.59. The van der Waals surface area contributed by atoms with Crippen molar-refractivity contribution in [1.29, 1.82) is 0 Å². The maximum Gasteiger partial charge on any atom is 0.205 e. The first-order chi connectivity index (χ1) is 12.6. The second kappa shape index (κ2) is 8.68. The third kappa shape index (κ3) is 4.86. The van der Waals surface area contributed by atoms with Crippen molar-refractivity contribution >= 4 is 10.8 Å². The summed E-state index contributed by atoms with van der Waals surface area (Å²) in [4.78, 5) is 0. The summed E-state index contributed by atoms with van der Waals surface area (Å²) < 4.78 is 28.3. The number of hydrogen-bond donors (Lipinski definition) is 1. The zero-order valence-electron chi connectivity index (χ0n) is 15.5. The molecule has 1 aliphatic heterocycles. The Labute approximate surface area is 154 Å². The lowest BCUT2D eigenvalue weighted by molar-refractivity contribution is -0.179. The molecule has 6 heteroatoms. The highest BCUT2D eigenvalue weighted by Gasteiger charge is 2.28. The van der Waals surface area contributed by atoms with Crippen LogP contribution in [0.1, 0.15) is 19.4 Å². The monoisotopic (exact) mass is 361 g/mol. The number of ether oxygens (including phenoxy) is 5. The molecule has 2 aromatic rings. The Morgan fingerprint density at radius 3 is 2.54 bits per heavy atom. The van der Waals surface area contributed by atoms with Crippen molar-refractivity contribution < 1.29 is 23.7 Å². The van der Waals surface area contributed by atoms with Gasteiger partial charge in [0.2, 0.25) is 5.79 Å². The minimum Gasteiger partial charge on any atom is -0.491 e. The summed E-state index contributed by atoms with van der Waals surface area (Å²) >= 11 is 0. The second-order valence-electron chi connectivity index (χ2n) is 6.59. The predicted molar refractivity (Wildman–Crippen MR) is 99.6 cm³/mol. The van der Waals surface area contributed by atoms with Crippen LogP contribution in [0.5, 0.6) is 11.5 Å². The van der Waals surface area contributed by atoms with Crippen LogP contribution in [0.3, 0.4) is 0 Å². The smallest absolute Gasteiger partial charge is 0.205 e. The molecule has 2 N–H and O–H groups in total. The molecule has 0 spiro atoms. The van der Waals surface area contributed by atoms with Gasteiger partial charge >= 0.3 is 0 Å². The minimum atomic E-state index is -0.627. The minimum absolute atomic E-state index is 0.479. The van der Waals surface area contributed by atoms with Gasteiger partial charge in [0.15, 0.2) is 0 Å². The van der Waals surface area contributed by atoms with Crippen molar-refractivity contribution in [2.24, 2.45) is 5.73 Å². The van der Waals surface area contributed by atoms with E-state index < -0.39 is 5.79 Å². The topological polar surface area (TPSA) is 72.2 Å². The molecule has 3 rings (SSSR count). The summed E-state index contributed by atoms with van der Waals surface area (Å²) in [6, 6.07) is 10.1. The fraction of sp³-hybridized carbons (Fsp3) is 0.500. The zero-order chi connectivity index (χ0) is 18.4. The molecule has 142 valence electrons. The summed E-state index contributed by atoms with van der Waals surface area (Å²) in [6.07, 6.45) is 0. The van der Waals surface area contributed by atoms with E-state index >= 15 is 0 Å². The lowest BCUT2D eigenvalue weighted by Crippen LogP contribution is -2.35. The molecular weight excluding hydrogens is 334 g/mol. The van der Waals surface area contributed by atoms with E-state index in [9.17, 15) is 0 Å². The molecule has 0 unspecified atom stereocenters. The first-order valence-electron chi connectivity index (χ1n) is 8.96. The normalized spacial score (nSPS) is 15.5. The van der Waals surface area contributed by atoms with Crippen molar-refractivity contribution in [3.05, 3.63) is 35.9 Å². The van der Waals surface area contributed by atoms with Gasteiger partial charge in [-0.2, -0.15) is 0 Å². The van der Waals surface area contributed by atoms with E-state index in [1.54, 1.807) is 0 Å². The highest BCUT2D eigenvalue weighted by molar-refractivity contribution is 5.91. The van der Waals surface area contributed by atoms with Gasteiger partial charge in [0, 0.05) is 31.3 Å². The van der Waals surface area contributed by atoms with E-state index in [0.29, 0.717) is 46.2 Å². The van der Waals surface area contributed by atoms with Gasteiger partial charge in [0.05, 0.1) is 33.0 Å². The van der Waals surface area contributed by atoms with Crippen LogP contribution in [0.2, 0.25) is 0 Å². The lowest BCUT2D eigenvalue weighted by atomic mass is 10.0. The van der Waals surface area contributed by atoms with Crippen molar-refractivity contribution in [3.8, 4) is 11.5 Å². The van der Waals surface area contributed by atoms with E-state index in [-0.39, 0.29) is 0 Å². The predicted octanol–water partition coefficient (Wildman–Crippen LogP) is 2.86. The van der Waals surface area contributed by atoms with E-state index in [1.807, 2.05) is 38.1 Å². The van der Waals surface area contributed by atoms with Gasteiger partial charge in [-0.15, -0.1) is 0 Å². The van der Waals surface area contributed by atoms with Gasteiger partial charge in [-0.25, -0.2) is 0 Å². The number of rotatable bonds is 9. The fourth-order valence-corrected chi connectivity index (χ4v) is 2.79. The van der Waals surface area contributed by atoms with Gasteiger partial charge < -0.3 is 29.4 Å². The van der Waals surface area contributed by atoms with Crippen molar-refractivity contribution in [2.45, 2.75) is 26.2 Å². The Morgan fingerprint density at radius 2 is 1.73 bits per heavy atom. The maximum absolute atomic E-state index is 6.05. The Morgan fingerprint density at radius 1 is 1.00 bits per heavy atom. The second-order valence-corrected chi connectivity index (χ2v) is 6.59. The molecule has 0 bridgehead atoms. The van der Waals surface area contributed by atoms with Crippen molar-refractivity contribution in [3.63, 3.8) is 0 Å². The van der Waals surface area contributed by atoms with Crippen LogP contribution in [-0.2, 0) is 20.8 Å². The third-order valence-electron chi connectivity index (χ3n) is 4.08. The summed E-state index contributed by atoms with van der Waals surface area (Å²) in [5.74, 6) is 1.04. The Bertz CT molecular complexity index is 731. The maximum atomic E-state index is 6.05. The van der Waals surface area contributed by atoms with Crippen LogP contribution in [0, 0.1) is 0 Å². The fourth-order valence-electron chi connectivity index (χ4n) is 2.79. The van der Waals surface area contributed by atoms with Crippen molar-refractivity contribution in [2.75, 3.05) is 39.6 Å². The zero-order valence-corrected chi connectivity index (χ0v) is 15.5. The Hall–Kier alpha value is -1.86. The molecule has 6 nitrogen and oxygen atoms in total. The highest BCUT2D eigenvalue weighted by atomic mass is 16.7. The Kier molecular flexibility index (Phi) is 6.32. The van der Waals surface area contributed by atoms with Crippen LogP contribution < -0.4 is 15.2 Å². The first kappa shape index (κ1) is 18.9. The number of nitrogens with two attached hydrogens (primary N) is 1. The van der Waals surface area contributed by atoms with E-state index in [4.69, 9.17) is 29.4 Å². The number of benzene rings is 2. The third-order valence-corrected chi connectivity index (χ3v) is 4.08. The number of fused-ring (bicyclic) bond motifs is 3. The van der Waals surface area contributed by atoms with Gasteiger partial charge in [-0.1, -0.05) is 18.2 Å². The molecule has 26 heavy (non-hydrogen) atoms. The van der Waals surface area contributed by atoms with Crippen LogP contribution in [0.15, 0.2) is 30.3 Å². The highest BCUT2D eigenvalue weighted by Crippen LogP contribution is 2.38. The molecule has 1 heterocycles. The molecule has 2 aromatic carbocycles. The molecule has 0 atom stereocenters. The van der Waals surface area contributed by atoms with Gasteiger partial charge in [-0.3, -0.25) is 0 Å². The standard InChI is InChI=1S/C20H27NO5/c1-20(2)25-14-16-4-3-15-5-6-17(13-18(15)19(16)26-20)24-12-11-23-10-9-22-8-7-21/h3-6,13H,7-12,14,21H2,1-2H3. The largest absolute Gasteiger partial charge is 0.491 e. The van der Waals surface area contributed by atoms with Gasteiger partial charge in [-0.05, 0) is 17.5 Å². The summed E-state index contributed by atoms with van der Waals surface area (Å²) in [6.45, 7) is 7.55. The molecule has 0 fully saturated rings. The van der Waals surface area contributed by atoms with Gasteiger partial charge in [0.25, 0.3) is 0 Å². The quantitative estimate of drug-likeness (QED) is 0.693. The van der Waals surface area contributed by atoms with Crippen LogP contribution in [0.25, 0.3) is 10.8 Å². The molecule has 0 aromatic heterocycles. The molecule has 1 aliphatic rings. The SMILES string of the molecule is CC1(C)OCc2ccc3ccc(OCCOCCOCCN)cc3c2O1. The van der Waals surface area contributed by atoms with E-state index in [1.165, 1.54) is 0 Å². The average molecular weight is 361 g/mol. The summed E-state index contributed by atoms with van der Waals surface area (Å²) in [7, 11) is 0. The average Bonchev–Trinajstić information content (AvgIpc) is 2.63. The van der Waals surface area contributed by atoms with E-state index in [2.05, 4.69) is 6.07 Å². The molecule has 0 amide bonds. The molecule has 0 saturated heterocycles. The molecule has 0 aliphatic carbocycles. The van der Waals surface area contributed by atoms with Crippen molar-refractivity contribution in [1.82, 2.24) is 0 Å². The van der Waals surface area contributed by atoms with Crippen LogP contribution in [-0.4, -0.2) is 45.4 Å². The van der Waals surface area contributed by atoms with Gasteiger partial charge in [0.1, 0.15) is 18.1 Å². The van der Waals surface area contributed by atoms with Crippen LogP contribution >= 0.6 is 0 Å². The summed E-state index contributed by atoms with van der Waals surface area (Å²) in [5.41, 5.74) is 6.40. The van der Waals surface area contributed by atoms with E-state index in [0.717, 1.165) is 27.8 Å². The number of hydrogen-bond acceptors (Lipinski definition) is 6. The van der Waals surface area contributed by atoms with Crippen LogP contribution in [0.4, 0.5) is 0 Å². The first-order valence-corrected chi connectivity index (χ1v) is 8.96.